The molecule has 0 atom stereocenters. The van der Waals surface area contributed by atoms with Gasteiger partial charge in [-0.25, -0.2) is 0 Å². The second-order valence-corrected chi connectivity index (χ2v) is 7.45. The molecule has 0 spiro atoms. The van der Waals surface area contributed by atoms with Gasteiger partial charge in [0.05, 0.1) is 11.6 Å². The molecule has 140 valence electrons. The van der Waals surface area contributed by atoms with Crippen LogP contribution in [0.15, 0.2) is 48.5 Å². The number of benzene rings is 2. The molecule has 0 fully saturated rings. The fourth-order valence-corrected chi connectivity index (χ4v) is 2.67. The molecule has 0 saturated carbocycles. The molecule has 2 amide bonds. The first kappa shape index (κ1) is 20.2. The van der Waals surface area contributed by atoms with E-state index in [1.165, 1.54) is 12.5 Å². The van der Waals surface area contributed by atoms with E-state index in [4.69, 9.17) is 5.26 Å². The van der Waals surface area contributed by atoms with Crippen molar-refractivity contribution in [1.29, 1.82) is 5.26 Å². The molecule has 2 rings (SSSR count). The molecule has 0 aromatic heterocycles. The summed E-state index contributed by atoms with van der Waals surface area (Å²) in [5, 5.41) is 11.6. The largest absolute Gasteiger partial charge is 0.326 e. The van der Waals surface area contributed by atoms with Crippen LogP contribution in [0.4, 0.5) is 11.4 Å². The first-order valence-corrected chi connectivity index (χ1v) is 8.89. The molecule has 0 aliphatic carbocycles. The molecule has 0 saturated heterocycles. The van der Waals surface area contributed by atoms with Crippen molar-refractivity contribution in [2.24, 2.45) is 0 Å². The molecule has 27 heavy (non-hydrogen) atoms. The van der Waals surface area contributed by atoms with Crippen LogP contribution >= 0.6 is 0 Å². The van der Waals surface area contributed by atoms with E-state index >= 15 is 0 Å². The van der Waals surface area contributed by atoms with Gasteiger partial charge in [-0.05, 0) is 47.4 Å². The van der Waals surface area contributed by atoms with Gasteiger partial charge in [0.15, 0.2) is 0 Å². The van der Waals surface area contributed by atoms with E-state index in [2.05, 4.69) is 26.1 Å². The molecule has 1 N–H and O–H groups in total. The van der Waals surface area contributed by atoms with Gasteiger partial charge in [-0.1, -0.05) is 32.9 Å². The summed E-state index contributed by atoms with van der Waals surface area (Å²) in [5.41, 5.74) is 3.17. The van der Waals surface area contributed by atoms with Crippen LogP contribution in [0.5, 0.6) is 0 Å². The molecule has 0 bridgehead atoms. The lowest BCUT2D eigenvalue weighted by atomic mass is 9.87. The highest BCUT2D eigenvalue weighted by Gasteiger charge is 2.16. The number of anilines is 2. The summed E-state index contributed by atoms with van der Waals surface area (Å²) in [4.78, 5) is 25.8. The van der Waals surface area contributed by atoms with E-state index in [1.54, 1.807) is 29.2 Å². The monoisotopic (exact) mass is 363 g/mol. The lowest BCUT2D eigenvalue weighted by molar-refractivity contribution is -0.117. The summed E-state index contributed by atoms with van der Waals surface area (Å²) in [5.74, 6) is -0.290. The average molecular weight is 363 g/mol. The zero-order valence-electron chi connectivity index (χ0n) is 16.2. The number of amides is 2. The number of nitriles is 1. The van der Waals surface area contributed by atoms with Crippen molar-refractivity contribution >= 4 is 23.2 Å². The van der Waals surface area contributed by atoms with Crippen LogP contribution in [0.1, 0.15) is 45.2 Å². The third kappa shape index (κ3) is 5.68. The zero-order chi connectivity index (χ0) is 20.0. The van der Waals surface area contributed by atoms with Crippen LogP contribution in [0.2, 0.25) is 0 Å². The van der Waals surface area contributed by atoms with Gasteiger partial charge < -0.3 is 10.2 Å². The number of hydrogen-bond donors (Lipinski definition) is 1. The van der Waals surface area contributed by atoms with Gasteiger partial charge in [-0.15, -0.1) is 0 Å². The summed E-state index contributed by atoms with van der Waals surface area (Å²) >= 11 is 0. The number of carbonyl (C=O) groups excluding carboxylic acids is 2. The zero-order valence-corrected chi connectivity index (χ0v) is 16.2. The first-order valence-electron chi connectivity index (χ1n) is 8.89. The van der Waals surface area contributed by atoms with Gasteiger partial charge in [0.1, 0.15) is 0 Å². The van der Waals surface area contributed by atoms with Crippen LogP contribution in [0, 0.1) is 11.3 Å². The highest BCUT2D eigenvalue weighted by molar-refractivity contribution is 5.94. The Bertz CT molecular complexity index is 841. The summed E-state index contributed by atoms with van der Waals surface area (Å²) < 4.78 is 0. The van der Waals surface area contributed by atoms with Crippen LogP contribution < -0.4 is 10.2 Å². The van der Waals surface area contributed by atoms with Crippen molar-refractivity contribution in [3.8, 4) is 6.07 Å². The molecule has 2 aromatic carbocycles. The van der Waals surface area contributed by atoms with E-state index < -0.39 is 0 Å². The molecule has 0 unspecified atom stereocenters. The third-order valence-electron chi connectivity index (χ3n) is 4.29. The summed E-state index contributed by atoms with van der Waals surface area (Å²) in [6, 6.07) is 16.6. The van der Waals surface area contributed by atoms with Crippen molar-refractivity contribution < 1.29 is 9.59 Å². The molecule has 0 aliphatic rings. The molecule has 5 heteroatoms. The van der Waals surface area contributed by atoms with Crippen molar-refractivity contribution in [2.45, 2.75) is 39.5 Å². The van der Waals surface area contributed by atoms with E-state index in [0.717, 1.165) is 5.69 Å². The maximum absolute atomic E-state index is 12.2. The van der Waals surface area contributed by atoms with E-state index in [0.29, 0.717) is 17.8 Å². The highest BCUT2D eigenvalue weighted by Crippen LogP contribution is 2.25. The fraction of sp³-hybridized carbons (Fsp3) is 0.318. The van der Waals surface area contributed by atoms with Crippen LogP contribution in [-0.2, 0) is 15.0 Å². The van der Waals surface area contributed by atoms with Gasteiger partial charge in [0.25, 0.3) is 0 Å². The van der Waals surface area contributed by atoms with E-state index in [-0.39, 0.29) is 23.7 Å². The Labute approximate surface area is 160 Å². The smallest absolute Gasteiger partial charge is 0.226 e. The predicted octanol–water partition coefficient (Wildman–Crippen LogP) is 4.24. The first-order chi connectivity index (χ1) is 12.7. The second kappa shape index (κ2) is 8.50. The Kier molecular flexibility index (Phi) is 6.36. The number of nitrogens with zero attached hydrogens (tertiary/aromatic N) is 2. The molecule has 0 heterocycles. The van der Waals surface area contributed by atoms with Crippen molar-refractivity contribution in [2.75, 3.05) is 16.8 Å². The SMILES string of the molecule is CC(=O)N(CCC(=O)Nc1ccc(C#N)cc1)c1ccc(C(C)(C)C)cc1. The van der Waals surface area contributed by atoms with Gasteiger partial charge in [0.2, 0.25) is 11.8 Å². The summed E-state index contributed by atoms with van der Waals surface area (Å²) in [7, 11) is 0. The Hall–Kier alpha value is -3.13. The van der Waals surface area contributed by atoms with E-state index in [1.807, 2.05) is 30.3 Å². The molecule has 0 radical (unpaired) electrons. The predicted molar refractivity (Wildman–Crippen MR) is 108 cm³/mol. The Balaban J connectivity index is 2.00. The molecule has 2 aromatic rings. The van der Waals surface area contributed by atoms with Crippen LogP contribution in [0.25, 0.3) is 0 Å². The minimum Gasteiger partial charge on any atom is -0.326 e. The molecular formula is C22H25N3O2. The summed E-state index contributed by atoms with van der Waals surface area (Å²) in [6.07, 6.45) is 0.181. The minimum absolute atomic E-state index is 0.0422. The Morgan fingerprint density at radius 1 is 1.04 bits per heavy atom. The standard InChI is InChI=1S/C22H25N3O2/c1-16(26)25(20-11-7-18(8-12-20)22(2,3)4)14-13-21(27)24-19-9-5-17(15-23)6-10-19/h5-12H,13-14H2,1-4H3,(H,24,27). The van der Waals surface area contributed by atoms with E-state index in [9.17, 15) is 9.59 Å². The average Bonchev–Trinajstić information content (AvgIpc) is 2.62. The maximum atomic E-state index is 12.2. The fourth-order valence-electron chi connectivity index (χ4n) is 2.67. The lowest BCUT2D eigenvalue weighted by Crippen LogP contribution is -2.32. The Morgan fingerprint density at radius 3 is 2.11 bits per heavy atom. The quantitative estimate of drug-likeness (QED) is 0.863. The van der Waals surface area contributed by atoms with Crippen LogP contribution in [-0.4, -0.2) is 18.4 Å². The van der Waals surface area contributed by atoms with Gasteiger partial charge >= 0.3 is 0 Å². The number of carbonyl (C=O) groups is 2. The molecule has 5 nitrogen and oxygen atoms in total. The van der Waals surface area contributed by atoms with Gasteiger partial charge in [-0.2, -0.15) is 5.26 Å². The van der Waals surface area contributed by atoms with Gasteiger partial charge in [-0.3, -0.25) is 9.59 Å². The van der Waals surface area contributed by atoms with Crippen molar-refractivity contribution in [3.63, 3.8) is 0 Å². The molecular weight excluding hydrogens is 338 g/mol. The normalized spacial score (nSPS) is 10.8. The third-order valence-corrected chi connectivity index (χ3v) is 4.29. The number of hydrogen-bond acceptors (Lipinski definition) is 3. The topological polar surface area (TPSA) is 73.2 Å². The lowest BCUT2D eigenvalue weighted by Gasteiger charge is -2.23. The van der Waals surface area contributed by atoms with Crippen molar-refractivity contribution in [3.05, 3.63) is 59.7 Å². The number of rotatable bonds is 5. The number of nitrogens with one attached hydrogen (secondary N) is 1. The highest BCUT2D eigenvalue weighted by atomic mass is 16.2. The van der Waals surface area contributed by atoms with Crippen molar-refractivity contribution in [1.82, 2.24) is 0 Å². The molecule has 0 aliphatic heterocycles. The van der Waals surface area contributed by atoms with Crippen LogP contribution in [0.3, 0.4) is 0 Å². The van der Waals surface area contributed by atoms with Gasteiger partial charge in [0, 0.05) is 31.3 Å². The second-order valence-electron chi connectivity index (χ2n) is 7.45. The Morgan fingerprint density at radius 2 is 1.63 bits per heavy atom. The summed E-state index contributed by atoms with van der Waals surface area (Å²) in [6.45, 7) is 8.21. The maximum Gasteiger partial charge on any atom is 0.226 e. The minimum atomic E-state index is -0.183.